The molecule has 1 heterocycles. The van der Waals surface area contributed by atoms with Crippen LogP contribution in [0.5, 0.6) is 0 Å². The third kappa shape index (κ3) is 11.0. The molecule has 1 spiro atoms. The molecule has 1 saturated carbocycles. The van der Waals surface area contributed by atoms with Gasteiger partial charge in [-0.05, 0) is 55.0 Å². The number of carboxylic acid groups (broad SMARTS) is 1. The molecule has 9 atom stereocenters. The molecule has 8 unspecified atom stereocenters. The number of likely N-dealkylation sites (tertiary alicyclic amines) is 1. The second-order valence-electron chi connectivity index (χ2n) is 16.4. The van der Waals surface area contributed by atoms with Crippen molar-refractivity contribution in [3.05, 3.63) is 35.9 Å². The SMILES string of the molecule is CCC(C)C(C(CC(=O)N1CC2(CC2)C[C@H]1C(OC)C(C)C(=O)NC(Cc1ccccc1)C(=O)O)OC)N(C)C(=O)C(NC(=O)C(NC)C(C)C)C(C)C. The first-order valence-electron chi connectivity index (χ1n) is 19.6. The minimum Gasteiger partial charge on any atom is -0.480 e. The molecule has 3 rings (SSSR count). The van der Waals surface area contributed by atoms with E-state index in [0.29, 0.717) is 13.0 Å². The van der Waals surface area contributed by atoms with E-state index in [4.69, 9.17) is 9.47 Å². The summed E-state index contributed by atoms with van der Waals surface area (Å²) in [5.74, 6) is -3.21. The molecule has 1 aliphatic heterocycles. The van der Waals surface area contributed by atoms with Crippen molar-refractivity contribution in [3.63, 3.8) is 0 Å². The molecule has 2 fully saturated rings. The lowest BCUT2D eigenvalue weighted by atomic mass is 9.89. The number of likely N-dealkylation sites (N-methyl/N-ethyl adjacent to an activating group) is 2. The number of nitrogens with zero attached hydrogens (tertiary/aromatic N) is 2. The van der Waals surface area contributed by atoms with Crippen LogP contribution in [-0.4, -0.2) is 122 Å². The number of carbonyl (C=O) groups is 5. The first-order valence-corrected chi connectivity index (χ1v) is 19.6. The summed E-state index contributed by atoms with van der Waals surface area (Å²) >= 11 is 0. The maximum absolute atomic E-state index is 14.4. The highest BCUT2D eigenvalue weighted by molar-refractivity contribution is 5.90. The van der Waals surface area contributed by atoms with Crippen LogP contribution in [0.4, 0.5) is 0 Å². The normalized spacial score (nSPS) is 20.8. The molecule has 1 saturated heterocycles. The molecule has 0 aromatic heterocycles. The van der Waals surface area contributed by atoms with Crippen molar-refractivity contribution < 1.29 is 38.6 Å². The zero-order valence-corrected chi connectivity index (χ0v) is 34.4. The van der Waals surface area contributed by atoms with E-state index in [9.17, 15) is 29.1 Å². The Hall–Kier alpha value is -3.55. The van der Waals surface area contributed by atoms with E-state index < -0.39 is 60.2 Å². The molecule has 54 heavy (non-hydrogen) atoms. The van der Waals surface area contributed by atoms with Gasteiger partial charge in [0.15, 0.2) is 0 Å². The summed E-state index contributed by atoms with van der Waals surface area (Å²) in [5.41, 5.74) is 0.748. The third-order valence-corrected chi connectivity index (χ3v) is 11.9. The molecule has 2 aliphatic rings. The molecule has 4 amide bonds. The molecule has 1 aromatic carbocycles. The van der Waals surface area contributed by atoms with Crippen LogP contribution in [0, 0.1) is 29.1 Å². The molecular formula is C41H67N5O8. The molecular weight excluding hydrogens is 690 g/mol. The van der Waals surface area contributed by atoms with E-state index in [1.807, 2.05) is 76.8 Å². The van der Waals surface area contributed by atoms with Gasteiger partial charge in [-0.1, -0.05) is 85.2 Å². The van der Waals surface area contributed by atoms with Gasteiger partial charge in [-0.15, -0.1) is 0 Å². The van der Waals surface area contributed by atoms with Gasteiger partial charge in [-0.2, -0.15) is 0 Å². The molecule has 1 aliphatic carbocycles. The average molecular weight is 758 g/mol. The second-order valence-corrected chi connectivity index (χ2v) is 16.4. The van der Waals surface area contributed by atoms with Gasteiger partial charge >= 0.3 is 5.97 Å². The molecule has 4 N–H and O–H groups in total. The number of nitrogens with one attached hydrogen (secondary N) is 3. The predicted octanol–water partition coefficient (Wildman–Crippen LogP) is 3.49. The standard InChI is InChI=1S/C41H67N5O8/c1-12-26(6)35(45(9)39(50)34(25(4)5)44-38(49)33(42-8)24(2)3)31(53-10)21-32(47)46-23-41(18-19-41)22-30(46)36(54-11)27(7)37(48)43-29(40(51)52)20-28-16-14-13-15-17-28/h13-17,24-27,29-31,33-36,42H,12,18-23H2,1-11H3,(H,43,48)(H,44,49)(H,51,52)/t26?,27?,29?,30-,31?,33?,34?,35?,36?/m0/s1. The Morgan fingerprint density at radius 1 is 0.926 bits per heavy atom. The largest absolute Gasteiger partial charge is 0.480 e. The molecule has 304 valence electrons. The number of benzene rings is 1. The van der Waals surface area contributed by atoms with Crippen LogP contribution >= 0.6 is 0 Å². The number of ether oxygens (including phenoxy) is 2. The number of rotatable bonds is 21. The van der Waals surface area contributed by atoms with Crippen LogP contribution in [0.1, 0.15) is 86.1 Å². The smallest absolute Gasteiger partial charge is 0.326 e. The van der Waals surface area contributed by atoms with Gasteiger partial charge in [0, 0.05) is 34.2 Å². The summed E-state index contributed by atoms with van der Waals surface area (Å²) in [7, 11) is 6.52. The number of hydrogen-bond donors (Lipinski definition) is 4. The van der Waals surface area contributed by atoms with Gasteiger partial charge in [0.2, 0.25) is 23.6 Å². The fourth-order valence-electron chi connectivity index (χ4n) is 8.16. The minimum absolute atomic E-state index is 0.00123. The fraction of sp³-hybridized carbons (Fsp3) is 0.732. The Kier molecular flexibility index (Phi) is 16.5. The lowest BCUT2D eigenvalue weighted by Gasteiger charge is -2.41. The Morgan fingerprint density at radius 2 is 1.54 bits per heavy atom. The van der Waals surface area contributed by atoms with Crippen LogP contribution < -0.4 is 16.0 Å². The predicted molar refractivity (Wildman–Crippen MR) is 207 cm³/mol. The second kappa shape index (κ2) is 19.9. The van der Waals surface area contributed by atoms with Crippen molar-refractivity contribution >= 4 is 29.6 Å². The summed E-state index contributed by atoms with van der Waals surface area (Å²) in [6.45, 7) is 14.0. The monoisotopic (exact) mass is 757 g/mol. The van der Waals surface area contributed by atoms with E-state index in [0.717, 1.165) is 24.8 Å². The number of aliphatic carboxylic acids is 1. The quantitative estimate of drug-likeness (QED) is 0.147. The molecule has 1 aromatic rings. The maximum atomic E-state index is 14.4. The number of carboxylic acids is 1. The first kappa shape index (κ1) is 44.8. The summed E-state index contributed by atoms with van der Waals surface area (Å²) < 4.78 is 12.0. The van der Waals surface area contributed by atoms with E-state index in [2.05, 4.69) is 16.0 Å². The van der Waals surface area contributed by atoms with Crippen molar-refractivity contribution in [1.29, 1.82) is 0 Å². The van der Waals surface area contributed by atoms with Crippen molar-refractivity contribution in [2.45, 2.75) is 129 Å². The van der Waals surface area contributed by atoms with Crippen LogP contribution in [0.3, 0.4) is 0 Å². The van der Waals surface area contributed by atoms with Crippen LogP contribution in [-0.2, 0) is 39.9 Å². The van der Waals surface area contributed by atoms with Crippen LogP contribution in [0.2, 0.25) is 0 Å². The van der Waals surface area contributed by atoms with E-state index in [-0.39, 0.29) is 53.7 Å². The van der Waals surface area contributed by atoms with Crippen molar-refractivity contribution in [2.24, 2.45) is 29.1 Å². The molecule has 0 bridgehead atoms. The Morgan fingerprint density at radius 3 is 2.02 bits per heavy atom. The summed E-state index contributed by atoms with van der Waals surface area (Å²) in [6, 6.07) is 5.88. The number of amides is 4. The van der Waals surface area contributed by atoms with Crippen molar-refractivity contribution in [1.82, 2.24) is 25.8 Å². The summed E-state index contributed by atoms with van der Waals surface area (Å²) in [6.07, 6.45) is 2.13. The Labute approximate surface area is 322 Å². The van der Waals surface area contributed by atoms with E-state index in [1.54, 1.807) is 33.0 Å². The number of carbonyl (C=O) groups excluding carboxylic acids is 4. The maximum Gasteiger partial charge on any atom is 0.326 e. The van der Waals surface area contributed by atoms with Gasteiger partial charge in [0.05, 0.1) is 42.7 Å². The molecule has 13 nitrogen and oxygen atoms in total. The average Bonchev–Trinajstić information content (AvgIpc) is 3.79. The first-order chi connectivity index (χ1) is 25.4. The van der Waals surface area contributed by atoms with Crippen LogP contribution in [0.25, 0.3) is 0 Å². The molecule has 0 radical (unpaired) electrons. The highest BCUT2D eigenvalue weighted by Gasteiger charge is 2.56. The lowest BCUT2D eigenvalue weighted by Crippen LogP contribution is -2.59. The van der Waals surface area contributed by atoms with E-state index in [1.165, 1.54) is 7.11 Å². The lowest BCUT2D eigenvalue weighted by molar-refractivity contribution is -0.148. The summed E-state index contributed by atoms with van der Waals surface area (Å²) in [5, 5.41) is 18.7. The third-order valence-electron chi connectivity index (χ3n) is 11.9. The zero-order chi connectivity index (χ0) is 40.5. The fourth-order valence-corrected chi connectivity index (χ4v) is 8.16. The van der Waals surface area contributed by atoms with Gasteiger partial charge in [-0.25, -0.2) is 4.79 Å². The molecule has 13 heteroatoms. The zero-order valence-electron chi connectivity index (χ0n) is 34.4. The topological polar surface area (TPSA) is 167 Å². The van der Waals surface area contributed by atoms with Gasteiger partial charge in [-0.3, -0.25) is 19.2 Å². The van der Waals surface area contributed by atoms with Crippen molar-refractivity contribution in [3.8, 4) is 0 Å². The minimum atomic E-state index is -1.13. The van der Waals surface area contributed by atoms with Gasteiger partial charge in [0.1, 0.15) is 12.1 Å². The van der Waals surface area contributed by atoms with E-state index >= 15 is 0 Å². The number of methoxy groups -OCH3 is 2. The van der Waals surface area contributed by atoms with Crippen molar-refractivity contribution in [2.75, 3.05) is 34.9 Å². The highest BCUT2D eigenvalue weighted by Crippen LogP contribution is 2.56. The highest BCUT2D eigenvalue weighted by atomic mass is 16.5. The van der Waals surface area contributed by atoms with Gasteiger partial charge in [0.25, 0.3) is 0 Å². The number of hydrogen-bond acceptors (Lipinski definition) is 8. The summed E-state index contributed by atoms with van der Waals surface area (Å²) in [4.78, 5) is 71.1. The Balaban J connectivity index is 1.83. The van der Waals surface area contributed by atoms with Crippen LogP contribution in [0.15, 0.2) is 30.3 Å². The Bertz CT molecular complexity index is 1420. The van der Waals surface area contributed by atoms with Gasteiger partial charge < -0.3 is 40.3 Å².